The van der Waals surface area contributed by atoms with E-state index >= 15 is 0 Å². The highest BCUT2D eigenvalue weighted by molar-refractivity contribution is 6.09. The summed E-state index contributed by atoms with van der Waals surface area (Å²) in [4.78, 5) is 52.4. The van der Waals surface area contributed by atoms with E-state index in [4.69, 9.17) is 0 Å². The van der Waals surface area contributed by atoms with Crippen molar-refractivity contribution >= 4 is 29.3 Å². The van der Waals surface area contributed by atoms with Gasteiger partial charge in [-0.1, -0.05) is 26.0 Å². The number of rotatable bonds is 3. The van der Waals surface area contributed by atoms with Crippen molar-refractivity contribution in [2.45, 2.75) is 46.1 Å². The van der Waals surface area contributed by atoms with Gasteiger partial charge in [-0.05, 0) is 48.9 Å². The third-order valence-corrected chi connectivity index (χ3v) is 5.87. The molecule has 4 N–H and O–H groups in total. The Balaban J connectivity index is 1.61. The Hall–Kier alpha value is -3.42. The van der Waals surface area contributed by atoms with Crippen LogP contribution in [-0.4, -0.2) is 28.6 Å². The summed E-state index contributed by atoms with van der Waals surface area (Å²) < 4.78 is 0. The van der Waals surface area contributed by atoms with Gasteiger partial charge in [0.1, 0.15) is 11.2 Å². The van der Waals surface area contributed by atoms with Gasteiger partial charge in [0.15, 0.2) is 5.78 Å². The molecule has 0 radical (unpaired) electrons. The second kappa shape index (κ2) is 6.55. The molecule has 0 bridgehead atoms. The smallest absolute Gasteiger partial charge is 0.322 e. The lowest BCUT2D eigenvalue weighted by atomic mass is 9.75. The molecule has 1 unspecified atom stereocenters. The fourth-order valence-corrected chi connectivity index (χ4v) is 4.31. The first-order valence-corrected chi connectivity index (χ1v) is 9.80. The summed E-state index contributed by atoms with van der Waals surface area (Å²) in [6, 6.07) is 6.20. The molecule has 2 aromatic rings. The van der Waals surface area contributed by atoms with Crippen LogP contribution in [0.4, 0.5) is 10.5 Å². The standard InChI is InChI=1S/C22H24N4O4/c1-11-16-14(9-21(2,3)10-15(16)27)24-17(11)18(28)23-13-7-5-6-12(8-13)22(4)19(29)25-20(30)26-22/h5-8,24H,9-10H2,1-4H3,(H,23,28)(H2,25,26,29,30). The molecule has 1 aliphatic carbocycles. The van der Waals surface area contributed by atoms with Gasteiger partial charge >= 0.3 is 6.03 Å². The Labute approximate surface area is 173 Å². The molecular weight excluding hydrogens is 384 g/mol. The van der Waals surface area contributed by atoms with Crippen LogP contribution in [0.3, 0.4) is 0 Å². The molecule has 4 rings (SSSR count). The first kappa shape index (κ1) is 19.9. The number of anilines is 1. The second-order valence-electron chi connectivity index (χ2n) is 8.99. The number of imide groups is 1. The number of carbonyl (C=O) groups excluding carboxylic acids is 4. The van der Waals surface area contributed by atoms with Crippen LogP contribution in [0.15, 0.2) is 24.3 Å². The zero-order valence-electron chi connectivity index (χ0n) is 17.4. The van der Waals surface area contributed by atoms with Crippen LogP contribution in [-0.2, 0) is 16.8 Å². The van der Waals surface area contributed by atoms with Crippen LogP contribution in [0.1, 0.15) is 64.9 Å². The average Bonchev–Trinajstić information content (AvgIpc) is 3.10. The average molecular weight is 408 g/mol. The van der Waals surface area contributed by atoms with E-state index in [2.05, 4.69) is 20.9 Å². The van der Waals surface area contributed by atoms with Gasteiger partial charge in [0.05, 0.1) is 0 Å². The molecule has 1 fully saturated rings. The van der Waals surface area contributed by atoms with Gasteiger partial charge in [-0.15, -0.1) is 0 Å². The number of Topliss-reactive ketones (excluding diaryl/α,β-unsaturated/α-hetero) is 1. The van der Waals surface area contributed by atoms with Crippen molar-refractivity contribution in [3.8, 4) is 0 Å². The zero-order valence-corrected chi connectivity index (χ0v) is 17.4. The number of carbonyl (C=O) groups is 4. The van der Waals surface area contributed by atoms with E-state index in [-0.39, 0.29) is 17.1 Å². The Morgan fingerprint density at radius 1 is 1.10 bits per heavy atom. The quantitative estimate of drug-likeness (QED) is 0.584. The molecule has 0 spiro atoms. The molecule has 30 heavy (non-hydrogen) atoms. The van der Waals surface area contributed by atoms with Gasteiger partial charge in [0.2, 0.25) is 0 Å². The summed E-state index contributed by atoms with van der Waals surface area (Å²) in [5.41, 5.74) is 2.08. The topological polar surface area (TPSA) is 120 Å². The lowest BCUT2D eigenvalue weighted by Crippen LogP contribution is -2.40. The Kier molecular flexibility index (Phi) is 4.34. The Morgan fingerprint density at radius 3 is 2.50 bits per heavy atom. The Morgan fingerprint density at radius 2 is 1.83 bits per heavy atom. The largest absolute Gasteiger partial charge is 0.354 e. The van der Waals surface area contributed by atoms with Crippen LogP contribution in [0.2, 0.25) is 0 Å². The molecule has 2 heterocycles. The zero-order chi connectivity index (χ0) is 21.8. The maximum atomic E-state index is 12.9. The second-order valence-corrected chi connectivity index (χ2v) is 8.99. The number of amides is 4. The van der Waals surface area contributed by atoms with Crippen LogP contribution >= 0.6 is 0 Å². The third kappa shape index (κ3) is 3.18. The van der Waals surface area contributed by atoms with Crippen LogP contribution < -0.4 is 16.0 Å². The number of aromatic amines is 1. The van der Waals surface area contributed by atoms with Crippen molar-refractivity contribution in [3.63, 3.8) is 0 Å². The molecule has 1 atom stereocenters. The van der Waals surface area contributed by atoms with E-state index in [1.54, 1.807) is 38.1 Å². The normalized spacial score (nSPS) is 22.3. The van der Waals surface area contributed by atoms with Gasteiger partial charge in [0, 0.05) is 23.4 Å². The maximum Gasteiger partial charge on any atom is 0.322 e. The number of hydrogen-bond acceptors (Lipinski definition) is 4. The molecule has 4 amide bonds. The third-order valence-electron chi connectivity index (χ3n) is 5.87. The van der Waals surface area contributed by atoms with Crippen LogP contribution in [0.5, 0.6) is 0 Å². The van der Waals surface area contributed by atoms with E-state index in [0.29, 0.717) is 40.9 Å². The lowest BCUT2D eigenvalue weighted by Gasteiger charge is -2.28. The van der Waals surface area contributed by atoms with Crippen molar-refractivity contribution in [2.24, 2.45) is 5.41 Å². The highest BCUT2D eigenvalue weighted by Gasteiger charge is 2.43. The van der Waals surface area contributed by atoms with Gasteiger partial charge in [0.25, 0.3) is 11.8 Å². The molecule has 8 heteroatoms. The molecule has 2 aliphatic rings. The number of aromatic nitrogens is 1. The highest BCUT2D eigenvalue weighted by Crippen LogP contribution is 2.37. The van der Waals surface area contributed by atoms with Gasteiger partial charge in [-0.3, -0.25) is 19.7 Å². The highest BCUT2D eigenvalue weighted by atomic mass is 16.2. The summed E-state index contributed by atoms with van der Waals surface area (Å²) in [6.45, 7) is 7.45. The van der Waals surface area contributed by atoms with Crippen molar-refractivity contribution in [3.05, 3.63) is 52.3 Å². The van der Waals surface area contributed by atoms with E-state index in [1.165, 1.54) is 0 Å². The summed E-state index contributed by atoms with van der Waals surface area (Å²) >= 11 is 0. The number of ketones is 1. The maximum absolute atomic E-state index is 12.9. The molecular formula is C22H24N4O4. The van der Waals surface area contributed by atoms with Crippen molar-refractivity contribution in [1.82, 2.24) is 15.6 Å². The van der Waals surface area contributed by atoms with Crippen molar-refractivity contribution in [2.75, 3.05) is 5.32 Å². The van der Waals surface area contributed by atoms with Crippen LogP contribution in [0.25, 0.3) is 0 Å². The minimum Gasteiger partial charge on any atom is -0.354 e. The van der Waals surface area contributed by atoms with Gasteiger partial charge in [-0.25, -0.2) is 4.79 Å². The van der Waals surface area contributed by atoms with E-state index in [1.807, 2.05) is 13.8 Å². The van der Waals surface area contributed by atoms with Crippen molar-refractivity contribution in [1.29, 1.82) is 0 Å². The van der Waals surface area contributed by atoms with E-state index in [9.17, 15) is 19.2 Å². The minimum atomic E-state index is -1.21. The molecule has 1 aliphatic heterocycles. The molecule has 1 saturated heterocycles. The van der Waals surface area contributed by atoms with Crippen LogP contribution in [0, 0.1) is 12.3 Å². The van der Waals surface area contributed by atoms with Crippen molar-refractivity contribution < 1.29 is 19.2 Å². The number of nitrogens with one attached hydrogen (secondary N) is 4. The monoisotopic (exact) mass is 408 g/mol. The molecule has 1 aromatic carbocycles. The predicted molar refractivity (Wildman–Crippen MR) is 110 cm³/mol. The first-order valence-electron chi connectivity index (χ1n) is 9.80. The SMILES string of the molecule is Cc1c(C(=O)Nc2cccc(C3(C)NC(=O)NC3=O)c2)[nH]c2c1C(=O)CC(C)(C)C2. The fraction of sp³-hybridized carbons (Fsp3) is 0.364. The number of urea groups is 1. The fourth-order valence-electron chi connectivity index (χ4n) is 4.31. The van der Waals surface area contributed by atoms with Gasteiger partial charge < -0.3 is 15.6 Å². The van der Waals surface area contributed by atoms with E-state index in [0.717, 1.165) is 5.69 Å². The number of fused-ring (bicyclic) bond motifs is 1. The molecule has 8 nitrogen and oxygen atoms in total. The summed E-state index contributed by atoms with van der Waals surface area (Å²) in [5.74, 6) is -0.772. The Bertz CT molecular complexity index is 1110. The predicted octanol–water partition coefficient (Wildman–Crippen LogP) is 2.79. The van der Waals surface area contributed by atoms with Gasteiger partial charge in [-0.2, -0.15) is 0 Å². The summed E-state index contributed by atoms with van der Waals surface area (Å²) in [7, 11) is 0. The van der Waals surface area contributed by atoms with E-state index < -0.39 is 17.5 Å². The molecule has 1 aromatic heterocycles. The molecule has 156 valence electrons. The number of H-pyrrole nitrogens is 1. The summed E-state index contributed by atoms with van der Waals surface area (Å²) in [5, 5.41) is 7.66. The summed E-state index contributed by atoms with van der Waals surface area (Å²) in [6.07, 6.45) is 1.15. The number of hydrogen-bond donors (Lipinski definition) is 4. The lowest BCUT2D eigenvalue weighted by molar-refractivity contribution is -0.123. The number of benzene rings is 1. The first-order chi connectivity index (χ1) is 14.0. The minimum absolute atomic E-state index is 0.0481. The molecule has 0 saturated carbocycles.